The van der Waals surface area contributed by atoms with Gasteiger partial charge >= 0.3 is 0 Å². The Hall–Kier alpha value is -3.73. The molecule has 5 heteroatoms. The molecule has 28 heavy (non-hydrogen) atoms. The number of fused-ring (bicyclic) bond motifs is 1. The van der Waals surface area contributed by atoms with Crippen molar-refractivity contribution >= 4 is 22.6 Å². The van der Waals surface area contributed by atoms with Gasteiger partial charge in [-0.05, 0) is 37.3 Å². The van der Waals surface area contributed by atoms with E-state index >= 15 is 0 Å². The summed E-state index contributed by atoms with van der Waals surface area (Å²) in [5, 5.41) is 2.95. The first-order valence-corrected chi connectivity index (χ1v) is 8.72. The van der Waals surface area contributed by atoms with Crippen molar-refractivity contribution in [2.24, 2.45) is 0 Å². The minimum Gasteiger partial charge on any atom is -0.456 e. The lowest BCUT2D eigenvalue weighted by Crippen LogP contribution is -2.14. The summed E-state index contributed by atoms with van der Waals surface area (Å²) in [5.74, 6) is -0.721. The lowest BCUT2D eigenvalue weighted by molar-refractivity contribution is 0.102. The Morgan fingerprint density at radius 3 is 2.46 bits per heavy atom. The van der Waals surface area contributed by atoms with Crippen LogP contribution in [0, 0.1) is 12.7 Å². The van der Waals surface area contributed by atoms with Crippen LogP contribution in [0.4, 0.5) is 10.1 Å². The van der Waals surface area contributed by atoms with Gasteiger partial charge in [0.2, 0.25) is 0 Å². The second kappa shape index (κ2) is 7.12. The fraction of sp³-hybridized carbons (Fsp3) is 0.0435. The molecule has 3 aromatic carbocycles. The third kappa shape index (κ3) is 3.42. The van der Waals surface area contributed by atoms with Crippen molar-refractivity contribution in [3.05, 3.63) is 100.0 Å². The maximum Gasteiger partial charge on any atom is 0.258 e. The van der Waals surface area contributed by atoms with Gasteiger partial charge in [-0.25, -0.2) is 4.39 Å². The number of rotatable bonds is 3. The van der Waals surface area contributed by atoms with E-state index in [1.807, 2.05) is 31.2 Å². The van der Waals surface area contributed by atoms with E-state index < -0.39 is 11.7 Å². The van der Waals surface area contributed by atoms with Crippen LogP contribution in [0.5, 0.6) is 0 Å². The molecule has 138 valence electrons. The van der Waals surface area contributed by atoms with Crippen LogP contribution in [0.1, 0.15) is 15.9 Å². The van der Waals surface area contributed by atoms with Crippen LogP contribution >= 0.6 is 0 Å². The van der Waals surface area contributed by atoms with Gasteiger partial charge in [0.1, 0.15) is 17.2 Å². The quantitative estimate of drug-likeness (QED) is 0.540. The highest BCUT2D eigenvalue weighted by atomic mass is 19.1. The molecule has 0 aliphatic carbocycles. The van der Waals surface area contributed by atoms with Crippen LogP contribution in [-0.4, -0.2) is 5.91 Å². The third-order valence-electron chi connectivity index (χ3n) is 4.44. The Balaban J connectivity index is 1.68. The number of carbonyl (C=O) groups excluding carboxylic acids is 1. The molecule has 0 unspecified atom stereocenters. The maximum absolute atomic E-state index is 13.8. The fourth-order valence-electron chi connectivity index (χ4n) is 2.94. The molecule has 0 radical (unpaired) electrons. The van der Waals surface area contributed by atoms with E-state index in [0.29, 0.717) is 22.4 Å². The van der Waals surface area contributed by atoms with Crippen molar-refractivity contribution in [3.8, 4) is 11.3 Å². The van der Waals surface area contributed by atoms with Gasteiger partial charge in [0.25, 0.3) is 5.91 Å². The predicted molar refractivity (Wildman–Crippen MR) is 107 cm³/mol. The Morgan fingerprint density at radius 2 is 1.71 bits per heavy atom. The lowest BCUT2D eigenvalue weighted by atomic mass is 10.1. The van der Waals surface area contributed by atoms with Crippen molar-refractivity contribution in [3.63, 3.8) is 0 Å². The Morgan fingerprint density at radius 1 is 0.964 bits per heavy atom. The fourth-order valence-corrected chi connectivity index (χ4v) is 2.94. The molecule has 0 atom stereocenters. The van der Waals surface area contributed by atoms with Crippen molar-refractivity contribution in [2.75, 3.05) is 5.32 Å². The van der Waals surface area contributed by atoms with Gasteiger partial charge in [-0.15, -0.1) is 0 Å². The van der Waals surface area contributed by atoms with E-state index in [0.717, 1.165) is 11.1 Å². The molecule has 0 saturated carbocycles. The Kier molecular flexibility index (Phi) is 4.49. The van der Waals surface area contributed by atoms with Gasteiger partial charge in [-0.1, -0.05) is 42.0 Å². The first kappa shape index (κ1) is 17.7. The number of benzene rings is 3. The van der Waals surface area contributed by atoms with Crippen molar-refractivity contribution in [2.45, 2.75) is 6.92 Å². The molecule has 0 bridgehead atoms. The molecule has 1 amide bonds. The standard InChI is InChI=1S/C23H16FNO3/c1-14-6-8-15(9-7-14)22-13-20(26)18-12-16(10-11-21(18)28-22)25-23(27)17-4-2-3-5-19(17)24/h2-13H,1H3,(H,25,27). The van der Waals surface area contributed by atoms with Gasteiger partial charge < -0.3 is 9.73 Å². The monoisotopic (exact) mass is 373 g/mol. The van der Waals surface area contributed by atoms with Crippen LogP contribution in [0.3, 0.4) is 0 Å². The van der Waals surface area contributed by atoms with E-state index in [9.17, 15) is 14.0 Å². The highest BCUT2D eigenvalue weighted by Gasteiger charge is 2.13. The zero-order chi connectivity index (χ0) is 19.7. The molecule has 0 saturated heterocycles. The molecule has 1 N–H and O–H groups in total. The largest absolute Gasteiger partial charge is 0.456 e. The zero-order valence-electron chi connectivity index (χ0n) is 15.0. The molecule has 1 aromatic heterocycles. The number of carbonyl (C=O) groups is 1. The number of aryl methyl sites for hydroxylation is 1. The number of halogens is 1. The minimum atomic E-state index is -0.608. The summed E-state index contributed by atoms with van der Waals surface area (Å²) in [6.07, 6.45) is 0. The number of nitrogens with one attached hydrogen (secondary N) is 1. The molecule has 0 aliphatic rings. The van der Waals surface area contributed by atoms with E-state index in [4.69, 9.17) is 4.42 Å². The van der Waals surface area contributed by atoms with Crippen LogP contribution in [0.15, 0.2) is 82.0 Å². The molecular formula is C23H16FNO3. The lowest BCUT2D eigenvalue weighted by Gasteiger charge is -2.08. The van der Waals surface area contributed by atoms with Crippen LogP contribution in [0.25, 0.3) is 22.3 Å². The van der Waals surface area contributed by atoms with Crippen LogP contribution < -0.4 is 10.7 Å². The van der Waals surface area contributed by atoms with Gasteiger partial charge in [0.05, 0.1) is 10.9 Å². The molecule has 1 heterocycles. The van der Waals surface area contributed by atoms with Gasteiger partial charge in [0, 0.05) is 17.3 Å². The molecule has 0 fully saturated rings. The van der Waals surface area contributed by atoms with Gasteiger partial charge in [0.15, 0.2) is 5.43 Å². The molecule has 4 rings (SSSR count). The zero-order valence-corrected chi connectivity index (χ0v) is 15.0. The van der Waals surface area contributed by atoms with E-state index in [1.165, 1.54) is 30.3 Å². The molecular weight excluding hydrogens is 357 g/mol. The smallest absolute Gasteiger partial charge is 0.258 e. The Bertz CT molecular complexity index is 1240. The first-order valence-electron chi connectivity index (χ1n) is 8.72. The predicted octanol–water partition coefficient (Wildman–Crippen LogP) is 5.16. The summed E-state index contributed by atoms with van der Waals surface area (Å²) in [7, 11) is 0. The highest BCUT2D eigenvalue weighted by Crippen LogP contribution is 2.24. The molecule has 0 aliphatic heterocycles. The summed E-state index contributed by atoms with van der Waals surface area (Å²) < 4.78 is 19.6. The minimum absolute atomic E-state index is 0.0654. The topological polar surface area (TPSA) is 59.3 Å². The molecule has 0 spiro atoms. The second-order valence-electron chi connectivity index (χ2n) is 6.49. The number of hydrogen-bond donors (Lipinski definition) is 1. The summed E-state index contributed by atoms with van der Waals surface area (Å²) in [4.78, 5) is 24.8. The SMILES string of the molecule is Cc1ccc(-c2cc(=O)c3cc(NC(=O)c4ccccc4F)ccc3o2)cc1. The van der Waals surface area contributed by atoms with Crippen LogP contribution in [-0.2, 0) is 0 Å². The summed E-state index contributed by atoms with van der Waals surface area (Å²) in [6.45, 7) is 1.98. The van der Waals surface area contributed by atoms with Crippen molar-refractivity contribution in [1.29, 1.82) is 0 Å². The van der Waals surface area contributed by atoms with E-state index in [2.05, 4.69) is 5.32 Å². The normalized spacial score (nSPS) is 10.8. The van der Waals surface area contributed by atoms with Gasteiger partial charge in [-0.2, -0.15) is 0 Å². The molecule has 4 nitrogen and oxygen atoms in total. The summed E-state index contributed by atoms with van der Waals surface area (Å²) >= 11 is 0. The average molecular weight is 373 g/mol. The van der Waals surface area contributed by atoms with Crippen LogP contribution in [0.2, 0.25) is 0 Å². The second-order valence-corrected chi connectivity index (χ2v) is 6.49. The highest BCUT2D eigenvalue weighted by molar-refractivity contribution is 6.05. The van der Waals surface area contributed by atoms with Crippen molar-refractivity contribution in [1.82, 2.24) is 0 Å². The molecule has 4 aromatic rings. The first-order chi connectivity index (χ1) is 13.5. The third-order valence-corrected chi connectivity index (χ3v) is 4.44. The number of hydrogen-bond acceptors (Lipinski definition) is 3. The maximum atomic E-state index is 13.8. The number of amides is 1. The average Bonchev–Trinajstić information content (AvgIpc) is 2.69. The summed E-state index contributed by atoms with van der Waals surface area (Å²) in [6, 6.07) is 19.6. The van der Waals surface area contributed by atoms with Crippen molar-refractivity contribution < 1.29 is 13.6 Å². The van der Waals surface area contributed by atoms with Gasteiger partial charge in [-0.3, -0.25) is 9.59 Å². The summed E-state index contributed by atoms with van der Waals surface area (Å²) in [5.41, 5.74) is 2.43. The van der Waals surface area contributed by atoms with E-state index in [1.54, 1.807) is 18.2 Å². The van der Waals surface area contributed by atoms with E-state index in [-0.39, 0.29) is 11.0 Å². The Labute approximate surface area is 160 Å². The number of anilines is 1.